The van der Waals surface area contributed by atoms with Gasteiger partial charge in [-0.2, -0.15) is 4.31 Å². The summed E-state index contributed by atoms with van der Waals surface area (Å²) in [6, 6.07) is 19.8. The van der Waals surface area contributed by atoms with Gasteiger partial charge in [0.15, 0.2) is 0 Å². The lowest BCUT2D eigenvalue weighted by atomic mass is 9.90. The summed E-state index contributed by atoms with van der Waals surface area (Å²) in [5, 5.41) is 3.09. The van der Waals surface area contributed by atoms with Crippen molar-refractivity contribution in [2.24, 2.45) is 0 Å². The summed E-state index contributed by atoms with van der Waals surface area (Å²) >= 11 is 0. The van der Waals surface area contributed by atoms with Crippen LogP contribution in [0.4, 0.5) is 5.69 Å². The van der Waals surface area contributed by atoms with Crippen LogP contribution in [0, 0.1) is 6.92 Å². The molecule has 5 nitrogen and oxygen atoms in total. The average Bonchev–Trinajstić information content (AvgIpc) is 2.83. The smallest absolute Gasteiger partial charge is 0.244 e. The van der Waals surface area contributed by atoms with E-state index < -0.39 is 16.1 Å². The van der Waals surface area contributed by atoms with E-state index in [9.17, 15) is 13.2 Å². The van der Waals surface area contributed by atoms with Gasteiger partial charge in [-0.25, -0.2) is 8.42 Å². The molecule has 0 saturated heterocycles. The van der Waals surface area contributed by atoms with Crippen molar-refractivity contribution in [3.63, 3.8) is 0 Å². The highest BCUT2D eigenvalue weighted by atomic mass is 32.2. The van der Waals surface area contributed by atoms with Crippen LogP contribution in [0.3, 0.4) is 0 Å². The Labute approximate surface area is 195 Å². The highest BCUT2D eigenvalue weighted by Crippen LogP contribution is 2.32. The number of sulfonamides is 1. The first-order valence-electron chi connectivity index (χ1n) is 11.5. The van der Waals surface area contributed by atoms with E-state index in [2.05, 4.69) is 11.4 Å². The molecule has 0 bridgehead atoms. The number of carbonyl (C=O) groups excluding carboxylic acids is 1. The molecule has 3 aromatic rings. The van der Waals surface area contributed by atoms with Crippen LogP contribution in [-0.4, -0.2) is 24.7 Å². The Hall–Kier alpha value is -2.96. The lowest BCUT2D eigenvalue weighted by Crippen LogP contribution is -2.50. The standard InChI is InChI=1S/C27H28N2O3S/c1-19-13-15-23(16-14-19)33(31,32)29-18-22-9-3-2-8-21(22)17-26(29)27(30)28-25-12-6-10-20-7-4-5-11-24(20)25/h2-3,6,8-10,12-16,26H,4-5,7,11,17-18H2,1H3,(H,28,30)/t26-/m0/s1. The van der Waals surface area contributed by atoms with Crippen LogP contribution in [0.5, 0.6) is 0 Å². The third-order valence-corrected chi connectivity index (χ3v) is 8.66. The average molecular weight is 461 g/mol. The number of fused-ring (bicyclic) bond motifs is 2. The van der Waals surface area contributed by atoms with Crippen LogP contribution in [0.1, 0.15) is 40.7 Å². The maximum absolute atomic E-state index is 13.7. The molecule has 33 heavy (non-hydrogen) atoms. The number of benzene rings is 3. The maximum Gasteiger partial charge on any atom is 0.244 e. The van der Waals surface area contributed by atoms with Crippen molar-refractivity contribution in [3.8, 4) is 0 Å². The Kier molecular flexibility index (Phi) is 5.81. The summed E-state index contributed by atoms with van der Waals surface area (Å²) in [6.45, 7) is 2.10. The van der Waals surface area contributed by atoms with Gasteiger partial charge >= 0.3 is 0 Å². The second-order valence-electron chi connectivity index (χ2n) is 8.99. The number of carbonyl (C=O) groups is 1. The Morgan fingerprint density at radius 1 is 0.879 bits per heavy atom. The Balaban J connectivity index is 1.51. The van der Waals surface area contributed by atoms with Gasteiger partial charge in [-0.1, -0.05) is 54.1 Å². The van der Waals surface area contributed by atoms with Gasteiger partial charge in [0, 0.05) is 12.2 Å². The van der Waals surface area contributed by atoms with E-state index in [4.69, 9.17) is 0 Å². The lowest BCUT2D eigenvalue weighted by Gasteiger charge is -2.35. The molecule has 1 heterocycles. The number of amides is 1. The van der Waals surface area contributed by atoms with Crippen molar-refractivity contribution in [1.82, 2.24) is 4.31 Å². The van der Waals surface area contributed by atoms with Crippen molar-refractivity contribution < 1.29 is 13.2 Å². The largest absolute Gasteiger partial charge is 0.324 e. The zero-order valence-electron chi connectivity index (χ0n) is 18.8. The molecule has 2 aliphatic rings. The molecule has 0 spiro atoms. The fraction of sp³-hybridized carbons (Fsp3) is 0.296. The second kappa shape index (κ2) is 8.76. The summed E-state index contributed by atoms with van der Waals surface area (Å²) < 4.78 is 28.7. The van der Waals surface area contributed by atoms with Gasteiger partial charge in [0.05, 0.1) is 4.90 Å². The lowest BCUT2D eigenvalue weighted by molar-refractivity contribution is -0.120. The first kappa shape index (κ1) is 21.9. The van der Waals surface area contributed by atoms with Gasteiger partial charge in [-0.15, -0.1) is 0 Å². The molecule has 0 radical (unpaired) electrons. The normalized spacial score (nSPS) is 18.3. The number of nitrogens with one attached hydrogen (secondary N) is 1. The molecule has 0 saturated carbocycles. The molecule has 170 valence electrons. The number of rotatable bonds is 4. The van der Waals surface area contributed by atoms with E-state index in [0.717, 1.165) is 48.1 Å². The molecule has 1 amide bonds. The Morgan fingerprint density at radius 2 is 1.58 bits per heavy atom. The third-order valence-electron chi connectivity index (χ3n) is 6.79. The van der Waals surface area contributed by atoms with Crippen molar-refractivity contribution in [2.45, 2.75) is 56.5 Å². The van der Waals surface area contributed by atoms with Gasteiger partial charge < -0.3 is 5.32 Å². The molecule has 5 rings (SSSR count). The van der Waals surface area contributed by atoms with Crippen molar-refractivity contribution in [3.05, 3.63) is 94.5 Å². The SMILES string of the molecule is Cc1ccc(S(=O)(=O)N2Cc3ccccc3C[C@H]2C(=O)Nc2cccc3c2CCCC3)cc1. The number of hydrogen-bond acceptors (Lipinski definition) is 3. The molecule has 1 atom stereocenters. The fourth-order valence-corrected chi connectivity index (χ4v) is 6.50. The minimum atomic E-state index is -3.85. The van der Waals surface area contributed by atoms with Gasteiger partial charge in [-0.05, 0) is 79.5 Å². The number of anilines is 1. The number of aryl methyl sites for hydroxylation is 2. The fourth-order valence-electron chi connectivity index (χ4n) is 4.94. The summed E-state index contributed by atoms with van der Waals surface area (Å²) in [5.41, 5.74) is 6.21. The molecule has 0 fully saturated rings. The van der Waals surface area contributed by atoms with E-state index in [0.29, 0.717) is 6.42 Å². The number of hydrogen-bond donors (Lipinski definition) is 1. The summed E-state index contributed by atoms with van der Waals surface area (Å²) in [4.78, 5) is 13.8. The van der Waals surface area contributed by atoms with Gasteiger partial charge in [0.1, 0.15) is 6.04 Å². The van der Waals surface area contributed by atoms with Gasteiger partial charge in [-0.3, -0.25) is 4.79 Å². The van der Waals surface area contributed by atoms with Crippen LogP contribution < -0.4 is 5.32 Å². The van der Waals surface area contributed by atoms with Crippen LogP contribution in [0.2, 0.25) is 0 Å². The van der Waals surface area contributed by atoms with E-state index in [1.54, 1.807) is 24.3 Å². The van der Waals surface area contributed by atoms with Crippen molar-refractivity contribution in [2.75, 3.05) is 5.32 Å². The van der Waals surface area contributed by atoms with E-state index >= 15 is 0 Å². The highest BCUT2D eigenvalue weighted by molar-refractivity contribution is 7.89. The monoisotopic (exact) mass is 460 g/mol. The van der Waals surface area contributed by atoms with Crippen LogP contribution in [0.25, 0.3) is 0 Å². The third kappa shape index (κ3) is 4.21. The molecule has 0 unspecified atom stereocenters. The molecule has 6 heteroatoms. The number of nitrogens with zero attached hydrogens (tertiary/aromatic N) is 1. The quantitative estimate of drug-likeness (QED) is 0.617. The van der Waals surface area contributed by atoms with Crippen molar-refractivity contribution >= 4 is 21.6 Å². The second-order valence-corrected chi connectivity index (χ2v) is 10.9. The molecule has 1 N–H and O–H groups in total. The van der Waals surface area contributed by atoms with Crippen molar-refractivity contribution in [1.29, 1.82) is 0 Å². The van der Waals surface area contributed by atoms with E-state index in [1.165, 1.54) is 15.4 Å². The van der Waals surface area contributed by atoms with E-state index in [1.807, 2.05) is 43.3 Å². The first-order valence-corrected chi connectivity index (χ1v) is 12.9. The molecule has 1 aliphatic carbocycles. The van der Waals surface area contributed by atoms with Gasteiger partial charge in [0.25, 0.3) is 0 Å². The molecular formula is C27H28N2O3S. The topological polar surface area (TPSA) is 66.5 Å². The summed E-state index contributed by atoms with van der Waals surface area (Å²) in [5.74, 6) is -0.279. The summed E-state index contributed by atoms with van der Waals surface area (Å²) in [6.07, 6.45) is 4.56. The predicted molar refractivity (Wildman–Crippen MR) is 130 cm³/mol. The highest BCUT2D eigenvalue weighted by Gasteiger charge is 2.39. The van der Waals surface area contributed by atoms with Crippen LogP contribution >= 0.6 is 0 Å². The minimum absolute atomic E-state index is 0.178. The van der Waals surface area contributed by atoms with Crippen LogP contribution in [-0.2, 0) is 40.6 Å². The zero-order valence-corrected chi connectivity index (χ0v) is 19.6. The van der Waals surface area contributed by atoms with Crippen LogP contribution in [0.15, 0.2) is 71.6 Å². The molecule has 3 aromatic carbocycles. The predicted octanol–water partition coefficient (Wildman–Crippen LogP) is 4.63. The van der Waals surface area contributed by atoms with Gasteiger partial charge in [0.2, 0.25) is 15.9 Å². The Morgan fingerprint density at radius 3 is 2.36 bits per heavy atom. The molecule has 1 aliphatic heterocycles. The van der Waals surface area contributed by atoms with E-state index in [-0.39, 0.29) is 17.3 Å². The first-order chi connectivity index (χ1) is 15.9. The zero-order chi connectivity index (χ0) is 23.0. The minimum Gasteiger partial charge on any atom is -0.324 e. The molecular weight excluding hydrogens is 432 g/mol. The summed E-state index contributed by atoms with van der Waals surface area (Å²) in [7, 11) is -3.85. The molecule has 0 aromatic heterocycles. The maximum atomic E-state index is 13.7. The Bertz CT molecular complexity index is 1300.